The quantitative estimate of drug-likeness (QED) is 0.545. The average Bonchev–Trinajstić information content (AvgIpc) is 3.08. The van der Waals surface area contributed by atoms with Crippen LogP contribution in [-0.2, 0) is 13.9 Å². The van der Waals surface area contributed by atoms with Crippen molar-refractivity contribution in [2.75, 3.05) is 19.7 Å². The summed E-state index contributed by atoms with van der Waals surface area (Å²) in [5.74, 6) is 0. The summed E-state index contributed by atoms with van der Waals surface area (Å²) >= 11 is 0. The molecule has 7 heteroatoms. The minimum Gasteiger partial charge on any atom is -0.414 e. The van der Waals surface area contributed by atoms with Crippen molar-refractivity contribution < 1.29 is 18.7 Å². The van der Waals surface area contributed by atoms with Crippen LogP contribution in [0.4, 0.5) is 4.79 Å². The Hall–Kier alpha value is -0.893. The third kappa shape index (κ3) is 6.31. The molecule has 0 aromatic rings. The topological polar surface area (TPSA) is 60.0 Å². The smallest absolute Gasteiger partial charge is 0.317 e. The molecule has 156 valence electrons. The number of carbonyl (C=O) groups is 1. The molecule has 0 bridgehead atoms. The standard InChI is InChI=1S/C20H38N2O4Si/c1-15(2)25-18-11-10-16(21-19(23)22-12-8-9-13-22)17(26-18)14-24-27(6,7)20(3,4)5/h10-11,15-18H,8-9,12-14H2,1-7H3,(H,21,23)/t16-,17-,18+/m1/s1. The van der Waals surface area contributed by atoms with Crippen LogP contribution in [0.5, 0.6) is 0 Å². The van der Waals surface area contributed by atoms with Gasteiger partial charge in [-0.05, 0) is 50.9 Å². The van der Waals surface area contributed by atoms with E-state index in [4.69, 9.17) is 13.9 Å². The largest absolute Gasteiger partial charge is 0.414 e. The average molecular weight is 399 g/mol. The Balaban J connectivity index is 2.04. The molecule has 2 amide bonds. The molecule has 1 N–H and O–H groups in total. The van der Waals surface area contributed by atoms with E-state index < -0.39 is 14.6 Å². The van der Waals surface area contributed by atoms with Crippen LogP contribution in [0.3, 0.4) is 0 Å². The van der Waals surface area contributed by atoms with E-state index in [0.29, 0.717) is 6.61 Å². The van der Waals surface area contributed by atoms with Gasteiger partial charge in [-0.2, -0.15) is 0 Å². The summed E-state index contributed by atoms with van der Waals surface area (Å²) in [4.78, 5) is 14.4. The Kier molecular flexibility index (Phi) is 7.52. The van der Waals surface area contributed by atoms with E-state index in [1.54, 1.807) is 0 Å². The Labute approximate surface area is 165 Å². The molecule has 0 saturated carbocycles. The molecule has 0 aromatic carbocycles. The van der Waals surface area contributed by atoms with Crippen LogP contribution in [0.2, 0.25) is 18.1 Å². The number of hydrogen-bond acceptors (Lipinski definition) is 4. The molecule has 3 atom stereocenters. The van der Waals surface area contributed by atoms with E-state index >= 15 is 0 Å². The molecular formula is C20H38N2O4Si. The minimum atomic E-state index is -1.91. The van der Waals surface area contributed by atoms with Crippen LogP contribution in [-0.4, -0.2) is 63.5 Å². The number of hydrogen-bond donors (Lipinski definition) is 1. The van der Waals surface area contributed by atoms with Gasteiger partial charge in [0, 0.05) is 13.1 Å². The van der Waals surface area contributed by atoms with Crippen LogP contribution < -0.4 is 5.32 Å². The first kappa shape index (κ1) is 22.4. The second-order valence-electron chi connectivity index (χ2n) is 9.35. The third-order valence-electron chi connectivity index (χ3n) is 5.69. The molecule has 0 aliphatic carbocycles. The second kappa shape index (κ2) is 9.07. The minimum absolute atomic E-state index is 0.0219. The molecule has 2 heterocycles. The molecule has 1 fully saturated rings. The van der Waals surface area contributed by atoms with Crippen molar-refractivity contribution in [3.05, 3.63) is 12.2 Å². The number of rotatable bonds is 6. The maximum absolute atomic E-state index is 12.5. The van der Waals surface area contributed by atoms with Crippen molar-refractivity contribution in [2.45, 2.75) is 90.1 Å². The molecular weight excluding hydrogens is 360 g/mol. The van der Waals surface area contributed by atoms with Gasteiger partial charge in [-0.25, -0.2) is 4.79 Å². The van der Waals surface area contributed by atoms with Crippen LogP contribution in [0.15, 0.2) is 12.2 Å². The number of ether oxygens (including phenoxy) is 2. The lowest BCUT2D eigenvalue weighted by molar-refractivity contribution is -0.176. The lowest BCUT2D eigenvalue weighted by Gasteiger charge is -2.40. The Morgan fingerprint density at radius 2 is 1.89 bits per heavy atom. The number of nitrogens with one attached hydrogen (secondary N) is 1. The zero-order valence-electron chi connectivity index (χ0n) is 18.1. The fraction of sp³-hybridized carbons (Fsp3) is 0.850. The van der Waals surface area contributed by atoms with E-state index in [9.17, 15) is 4.79 Å². The van der Waals surface area contributed by atoms with E-state index in [1.165, 1.54) is 0 Å². The van der Waals surface area contributed by atoms with Gasteiger partial charge in [0.1, 0.15) is 6.10 Å². The number of nitrogens with zero attached hydrogens (tertiary/aromatic N) is 1. The number of likely N-dealkylation sites (tertiary alicyclic amines) is 1. The van der Waals surface area contributed by atoms with Gasteiger partial charge in [-0.3, -0.25) is 0 Å². The Morgan fingerprint density at radius 3 is 2.44 bits per heavy atom. The summed E-state index contributed by atoms with van der Waals surface area (Å²) in [7, 11) is -1.91. The van der Waals surface area contributed by atoms with Crippen molar-refractivity contribution in [1.82, 2.24) is 10.2 Å². The normalized spacial score (nSPS) is 26.7. The van der Waals surface area contributed by atoms with E-state index in [-0.39, 0.29) is 29.3 Å². The molecule has 1 saturated heterocycles. The first-order chi connectivity index (χ1) is 12.5. The van der Waals surface area contributed by atoms with Crippen molar-refractivity contribution in [2.24, 2.45) is 0 Å². The SMILES string of the molecule is CC(C)O[C@@H]1C=C[C@@H](NC(=O)N2CCCC2)[C@@H](CO[Si](C)(C)C(C)(C)C)O1. The van der Waals surface area contributed by atoms with Gasteiger partial charge < -0.3 is 24.1 Å². The highest BCUT2D eigenvalue weighted by molar-refractivity contribution is 6.74. The molecule has 0 unspecified atom stereocenters. The van der Waals surface area contributed by atoms with Crippen molar-refractivity contribution >= 4 is 14.3 Å². The molecule has 2 aliphatic rings. The van der Waals surface area contributed by atoms with Crippen LogP contribution >= 0.6 is 0 Å². The second-order valence-corrected chi connectivity index (χ2v) is 14.2. The summed E-state index contributed by atoms with van der Waals surface area (Å²) < 4.78 is 18.3. The molecule has 27 heavy (non-hydrogen) atoms. The highest BCUT2D eigenvalue weighted by Crippen LogP contribution is 2.37. The highest BCUT2D eigenvalue weighted by Gasteiger charge is 2.39. The molecule has 6 nitrogen and oxygen atoms in total. The van der Waals surface area contributed by atoms with E-state index in [2.05, 4.69) is 39.2 Å². The highest BCUT2D eigenvalue weighted by atomic mass is 28.4. The van der Waals surface area contributed by atoms with Gasteiger partial charge in [-0.15, -0.1) is 0 Å². The maximum atomic E-state index is 12.5. The predicted molar refractivity (Wildman–Crippen MR) is 110 cm³/mol. The summed E-state index contributed by atoms with van der Waals surface area (Å²) in [6.45, 7) is 17.2. The number of carbonyl (C=O) groups excluding carboxylic acids is 1. The first-order valence-electron chi connectivity index (χ1n) is 10.2. The first-order valence-corrected chi connectivity index (χ1v) is 13.1. The Morgan fingerprint density at radius 1 is 1.26 bits per heavy atom. The van der Waals surface area contributed by atoms with Gasteiger partial charge in [0.25, 0.3) is 0 Å². The van der Waals surface area contributed by atoms with Crippen LogP contribution in [0.25, 0.3) is 0 Å². The molecule has 0 spiro atoms. The molecule has 0 aromatic heterocycles. The van der Waals surface area contributed by atoms with Crippen LogP contribution in [0.1, 0.15) is 47.5 Å². The van der Waals surface area contributed by atoms with Crippen molar-refractivity contribution in [3.63, 3.8) is 0 Å². The van der Waals surface area contributed by atoms with Gasteiger partial charge in [-0.1, -0.05) is 26.8 Å². The molecule has 2 rings (SSSR count). The Bertz CT molecular complexity index is 525. The van der Waals surface area contributed by atoms with Crippen molar-refractivity contribution in [1.29, 1.82) is 0 Å². The zero-order valence-corrected chi connectivity index (χ0v) is 19.1. The third-order valence-corrected chi connectivity index (χ3v) is 10.2. The summed E-state index contributed by atoms with van der Waals surface area (Å²) in [5, 5.41) is 3.24. The lowest BCUT2D eigenvalue weighted by Crippen LogP contribution is -2.54. The van der Waals surface area contributed by atoms with Gasteiger partial charge in [0.05, 0.1) is 18.8 Å². The number of amides is 2. The zero-order chi connectivity index (χ0) is 20.2. The fourth-order valence-corrected chi connectivity index (χ4v) is 3.94. The van der Waals surface area contributed by atoms with Crippen LogP contribution in [0, 0.1) is 0 Å². The van der Waals surface area contributed by atoms with Crippen molar-refractivity contribution in [3.8, 4) is 0 Å². The fourth-order valence-electron chi connectivity index (χ4n) is 2.93. The van der Waals surface area contributed by atoms with E-state index in [1.807, 2.05) is 30.9 Å². The lowest BCUT2D eigenvalue weighted by atomic mass is 10.1. The summed E-state index contributed by atoms with van der Waals surface area (Å²) in [6, 6.07) is -0.235. The molecule has 0 radical (unpaired) electrons. The summed E-state index contributed by atoms with van der Waals surface area (Å²) in [5.41, 5.74) is 0. The monoisotopic (exact) mass is 398 g/mol. The predicted octanol–water partition coefficient (Wildman–Crippen LogP) is 3.89. The summed E-state index contributed by atoms with van der Waals surface area (Å²) in [6.07, 6.45) is 5.43. The van der Waals surface area contributed by atoms with E-state index in [0.717, 1.165) is 25.9 Å². The molecule has 2 aliphatic heterocycles. The maximum Gasteiger partial charge on any atom is 0.317 e. The van der Waals surface area contributed by atoms with Gasteiger partial charge in [0.2, 0.25) is 0 Å². The van der Waals surface area contributed by atoms with Gasteiger partial charge >= 0.3 is 6.03 Å². The number of urea groups is 1. The van der Waals surface area contributed by atoms with Gasteiger partial charge in [0.15, 0.2) is 14.6 Å².